The summed E-state index contributed by atoms with van der Waals surface area (Å²) >= 11 is 0. The van der Waals surface area contributed by atoms with Crippen molar-refractivity contribution in [1.29, 1.82) is 0 Å². The van der Waals surface area contributed by atoms with Gasteiger partial charge in [-0.05, 0) is 77.3 Å². The Hall–Kier alpha value is -2.69. The molecule has 5 heteroatoms. The van der Waals surface area contributed by atoms with Crippen molar-refractivity contribution in [3.63, 3.8) is 0 Å². The maximum absolute atomic E-state index is 15.3. The number of fused-ring (bicyclic) bond motifs is 3. The molecule has 0 fully saturated rings. The molecule has 0 amide bonds. The Morgan fingerprint density at radius 1 is 0.688 bits per heavy atom. The zero-order chi connectivity index (χ0) is 22.8. The minimum atomic E-state index is -1.66. The van der Waals surface area contributed by atoms with Crippen LogP contribution in [-0.2, 0) is 19.3 Å². The fraction of sp³-hybridized carbons (Fsp3) is 0.333. The molecule has 0 atom stereocenters. The zero-order valence-corrected chi connectivity index (χ0v) is 18.0. The molecule has 0 aromatic heterocycles. The summed E-state index contributed by atoms with van der Waals surface area (Å²) in [6.45, 7) is 2.19. The highest BCUT2D eigenvalue weighted by molar-refractivity contribution is 5.78. The monoisotopic (exact) mass is 444 g/mol. The fourth-order valence-corrected chi connectivity index (χ4v) is 4.57. The van der Waals surface area contributed by atoms with Crippen LogP contribution in [0.2, 0.25) is 0 Å². The minimum Gasteiger partial charge on any atom is -0.206 e. The van der Waals surface area contributed by atoms with Gasteiger partial charge in [0.2, 0.25) is 0 Å². The van der Waals surface area contributed by atoms with Crippen LogP contribution in [0.15, 0.2) is 36.4 Å². The molecule has 0 bridgehead atoms. The smallest absolute Gasteiger partial charge is 0.194 e. The van der Waals surface area contributed by atoms with E-state index in [1.807, 2.05) is 12.1 Å². The first-order chi connectivity index (χ1) is 15.4. The Labute approximate surface area is 185 Å². The number of unbranched alkanes of at least 4 members (excludes halogenated alkanes) is 4. The molecule has 4 rings (SSSR count). The van der Waals surface area contributed by atoms with Crippen molar-refractivity contribution in [1.82, 2.24) is 0 Å². The van der Waals surface area contributed by atoms with E-state index in [1.54, 1.807) is 0 Å². The predicted molar refractivity (Wildman–Crippen MR) is 117 cm³/mol. The lowest BCUT2D eigenvalue weighted by atomic mass is 9.82. The van der Waals surface area contributed by atoms with Crippen LogP contribution in [0.4, 0.5) is 22.0 Å². The molecule has 1 aliphatic rings. The second-order valence-electron chi connectivity index (χ2n) is 8.48. The second-order valence-corrected chi connectivity index (χ2v) is 8.48. The summed E-state index contributed by atoms with van der Waals surface area (Å²) in [7, 11) is 0. The third kappa shape index (κ3) is 4.30. The van der Waals surface area contributed by atoms with Crippen molar-refractivity contribution in [2.45, 2.75) is 58.3 Å². The van der Waals surface area contributed by atoms with Gasteiger partial charge < -0.3 is 0 Å². The molecule has 0 aliphatic heterocycles. The van der Waals surface area contributed by atoms with Gasteiger partial charge in [-0.15, -0.1) is 0 Å². The molecule has 3 aromatic carbocycles. The number of halogens is 5. The third-order valence-electron chi connectivity index (χ3n) is 6.27. The molecular weight excluding hydrogens is 419 g/mol. The average Bonchev–Trinajstić information content (AvgIpc) is 2.77. The van der Waals surface area contributed by atoms with Gasteiger partial charge in [-0.2, -0.15) is 0 Å². The molecule has 0 unspecified atom stereocenters. The summed E-state index contributed by atoms with van der Waals surface area (Å²) in [6.07, 6.45) is 7.93. The molecule has 0 saturated heterocycles. The van der Waals surface area contributed by atoms with E-state index in [9.17, 15) is 17.6 Å². The molecule has 0 spiro atoms. The first-order valence-corrected chi connectivity index (χ1v) is 11.2. The summed E-state index contributed by atoms with van der Waals surface area (Å²) in [5.41, 5.74) is 2.93. The van der Waals surface area contributed by atoms with Gasteiger partial charge in [0, 0.05) is 0 Å². The molecule has 1 aliphatic carbocycles. The lowest BCUT2D eigenvalue weighted by Gasteiger charge is -2.23. The molecule has 0 nitrogen and oxygen atoms in total. The van der Waals surface area contributed by atoms with E-state index in [2.05, 4.69) is 13.0 Å². The van der Waals surface area contributed by atoms with E-state index in [0.717, 1.165) is 24.0 Å². The SMILES string of the molecule is CCCCCCCc1ccc2c(c1)CCc1c-2cc(F)c(-c2cc(F)c(F)c(F)c2)c1F. The molecule has 0 radical (unpaired) electrons. The summed E-state index contributed by atoms with van der Waals surface area (Å²) in [6, 6.07) is 8.49. The third-order valence-corrected chi connectivity index (χ3v) is 6.27. The number of hydrogen-bond donors (Lipinski definition) is 0. The molecular formula is C27H25F5. The predicted octanol–water partition coefficient (Wildman–Crippen LogP) is 8.33. The van der Waals surface area contributed by atoms with Crippen LogP contribution in [0.3, 0.4) is 0 Å². The van der Waals surface area contributed by atoms with E-state index in [1.165, 1.54) is 37.3 Å². The lowest BCUT2D eigenvalue weighted by Crippen LogP contribution is -2.09. The van der Waals surface area contributed by atoms with Gasteiger partial charge in [-0.3, -0.25) is 0 Å². The van der Waals surface area contributed by atoms with Crippen molar-refractivity contribution in [3.8, 4) is 22.3 Å². The Kier molecular flexibility index (Phi) is 6.63. The van der Waals surface area contributed by atoms with Gasteiger partial charge in [0.05, 0.1) is 5.56 Å². The highest BCUT2D eigenvalue weighted by Crippen LogP contribution is 2.40. The summed E-state index contributed by atoms with van der Waals surface area (Å²) in [5.74, 6) is -6.41. The number of benzene rings is 3. The molecule has 0 heterocycles. The van der Waals surface area contributed by atoms with E-state index < -0.39 is 34.6 Å². The molecule has 3 aromatic rings. The fourth-order valence-electron chi connectivity index (χ4n) is 4.57. The van der Waals surface area contributed by atoms with E-state index in [0.29, 0.717) is 36.1 Å². The number of rotatable bonds is 7. The number of hydrogen-bond acceptors (Lipinski definition) is 0. The van der Waals surface area contributed by atoms with Crippen molar-refractivity contribution in [2.75, 3.05) is 0 Å². The maximum atomic E-state index is 15.3. The largest absolute Gasteiger partial charge is 0.206 e. The van der Waals surface area contributed by atoms with Crippen molar-refractivity contribution >= 4 is 0 Å². The Morgan fingerprint density at radius 3 is 2.12 bits per heavy atom. The Morgan fingerprint density at radius 2 is 1.41 bits per heavy atom. The summed E-state index contributed by atoms with van der Waals surface area (Å²) in [4.78, 5) is 0. The standard InChI is InChI=1S/C27H25F5/c1-2-3-4-5-6-7-16-8-10-19-17(12-16)9-11-20-21(19)15-22(28)25(26(20)31)18-13-23(29)27(32)24(30)14-18/h8,10,12-15H,2-7,9,11H2,1H3. The van der Waals surface area contributed by atoms with Crippen LogP contribution in [0.5, 0.6) is 0 Å². The van der Waals surface area contributed by atoms with E-state index in [-0.39, 0.29) is 5.56 Å². The summed E-state index contributed by atoms with van der Waals surface area (Å²) < 4.78 is 70.9. The minimum absolute atomic E-state index is 0.311. The van der Waals surface area contributed by atoms with Crippen molar-refractivity contribution < 1.29 is 22.0 Å². The van der Waals surface area contributed by atoms with Gasteiger partial charge in [-0.25, -0.2) is 22.0 Å². The van der Waals surface area contributed by atoms with E-state index in [4.69, 9.17) is 0 Å². The van der Waals surface area contributed by atoms with Crippen LogP contribution in [-0.4, -0.2) is 0 Å². The van der Waals surface area contributed by atoms with E-state index >= 15 is 4.39 Å². The zero-order valence-electron chi connectivity index (χ0n) is 18.0. The molecule has 168 valence electrons. The Balaban J connectivity index is 1.66. The quantitative estimate of drug-likeness (QED) is 0.195. The highest BCUT2D eigenvalue weighted by Gasteiger charge is 2.26. The van der Waals surface area contributed by atoms with Crippen molar-refractivity contribution in [2.24, 2.45) is 0 Å². The first kappa shape index (κ1) is 22.5. The average molecular weight is 444 g/mol. The second kappa shape index (κ2) is 9.43. The molecule has 0 saturated carbocycles. The number of aryl methyl sites for hydroxylation is 2. The normalized spacial score (nSPS) is 12.6. The van der Waals surface area contributed by atoms with Crippen LogP contribution in [0.1, 0.15) is 55.7 Å². The Bertz CT molecular complexity index is 1130. The molecule has 0 N–H and O–H groups in total. The van der Waals surface area contributed by atoms with Gasteiger partial charge in [-0.1, -0.05) is 50.8 Å². The van der Waals surface area contributed by atoms with Gasteiger partial charge in [0.25, 0.3) is 0 Å². The van der Waals surface area contributed by atoms with Crippen LogP contribution >= 0.6 is 0 Å². The van der Waals surface area contributed by atoms with Gasteiger partial charge in [0.15, 0.2) is 17.5 Å². The van der Waals surface area contributed by atoms with Gasteiger partial charge >= 0.3 is 0 Å². The van der Waals surface area contributed by atoms with Crippen LogP contribution in [0, 0.1) is 29.1 Å². The van der Waals surface area contributed by atoms with Crippen LogP contribution in [0.25, 0.3) is 22.3 Å². The highest BCUT2D eigenvalue weighted by atomic mass is 19.2. The molecule has 32 heavy (non-hydrogen) atoms. The first-order valence-electron chi connectivity index (χ1n) is 11.2. The van der Waals surface area contributed by atoms with Crippen molar-refractivity contribution in [3.05, 3.63) is 82.2 Å². The maximum Gasteiger partial charge on any atom is 0.194 e. The van der Waals surface area contributed by atoms with Crippen LogP contribution < -0.4 is 0 Å². The van der Waals surface area contributed by atoms with Gasteiger partial charge in [0.1, 0.15) is 11.6 Å². The topological polar surface area (TPSA) is 0 Å². The lowest BCUT2D eigenvalue weighted by molar-refractivity contribution is 0.447. The summed E-state index contributed by atoms with van der Waals surface area (Å²) in [5, 5.41) is 0.